The predicted octanol–water partition coefficient (Wildman–Crippen LogP) is 1.39. The average Bonchev–Trinajstić information content (AvgIpc) is 2.62. The highest BCUT2D eigenvalue weighted by Gasteiger charge is 2.12. The van der Waals surface area contributed by atoms with Crippen LogP contribution in [0.5, 0.6) is 11.2 Å². The van der Waals surface area contributed by atoms with Crippen LogP contribution in [0.3, 0.4) is 0 Å². The smallest absolute Gasteiger partial charge is 0.417 e. The highest BCUT2D eigenvalue weighted by Crippen LogP contribution is 2.18. The van der Waals surface area contributed by atoms with Gasteiger partial charge in [0, 0.05) is 25.6 Å². The summed E-state index contributed by atoms with van der Waals surface area (Å²) >= 11 is 1.06. The maximum atomic E-state index is 11.1. The minimum atomic E-state index is -0.505. The Kier molecular flexibility index (Phi) is 4.29. The molecule has 0 saturated carbocycles. The van der Waals surface area contributed by atoms with E-state index in [0.717, 1.165) is 18.0 Å². The fourth-order valence-electron chi connectivity index (χ4n) is 0.656. The number of amides is 1. The molecule has 0 aliphatic heterocycles. The first kappa shape index (κ1) is 11.7. The van der Waals surface area contributed by atoms with Crippen LogP contribution in [0.1, 0.15) is 13.3 Å². The average molecular weight is 231 g/mol. The second-order valence-electron chi connectivity index (χ2n) is 2.95. The number of nitrogens with zero attached hydrogens (tertiary/aromatic N) is 3. The lowest BCUT2D eigenvalue weighted by Gasteiger charge is -2.06. The molecule has 0 unspecified atom stereocenters. The maximum Gasteiger partial charge on any atom is 0.417 e. The van der Waals surface area contributed by atoms with Gasteiger partial charge in [0.2, 0.25) is 0 Å². The molecule has 15 heavy (non-hydrogen) atoms. The molecule has 1 amide bonds. The Hall–Kier alpha value is -1.37. The number of carbonyl (C=O) groups excluding carboxylic acids is 1. The molecule has 0 radical (unpaired) electrons. The van der Waals surface area contributed by atoms with E-state index in [9.17, 15) is 4.79 Å². The maximum absolute atomic E-state index is 11.1. The Balaban J connectivity index is 2.49. The monoisotopic (exact) mass is 231 g/mol. The van der Waals surface area contributed by atoms with E-state index < -0.39 is 6.09 Å². The van der Waals surface area contributed by atoms with Crippen molar-refractivity contribution in [1.29, 1.82) is 0 Å². The predicted molar refractivity (Wildman–Crippen MR) is 55.4 cm³/mol. The van der Waals surface area contributed by atoms with Crippen molar-refractivity contribution in [2.75, 3.05) is 20.7 Å². The van der Waals surface area contributed by atoms with Crippen molar-refractivity contribution in [3.8, 4) is 11.2 Å². The van der Waals surface area contributed by atoms with E-state index in [1.165, 1.54) is 4.90 Å². The van der Waals surface area contributed by atoms with E-state index in [-0.39, 0.29) is 6.01 Å². The minimum Gasteiger partial charge on any atom is -0.469 e. The molecule has 0 aliphatic carbocycles. The third-order valence-electron chi connectivity index (χ3n) is 1.36. The molecule has 84 valence electrons. The molecule has 1 rings (SSSR count). The van der Waals surface area contributed by atoms with Gasteiger partial charge in [-0.2, -0.15) is 0 Å². The molecule has 0 aliphatic rings. The number of hydrogen-bond donors (Lipinski definition) is 0. The fourth-order valence-corrected chi connectivity index (χ4v) is 1.15. The zero-order chi connectivity index (χ0) is 11.3. The summed E-state index contributed by atoms with van der Waals surface area (Å²) in [6.07, 6.45) is 0.390. The highest BCUT2D eigenvalue weighted by molar-refractivity contribution is 7.07. The molecule has 0 N–H and O–H groups in total. The van der Waals surface area contributed by atoms with Gasteiger partial charge in [0.1, 0.15) is 0 Å². The number of rotatable bonds is 4. The third kappa shape index (κ3) is 3.70. The Morgan fingerprint density at radius 3 is 2.87 bits per heavy atom. The van der Waals surface area contributed by atoms with Crippen LogP contribution in [0.2, 0.25) is 0 Å². The topological polar surface area (TPSA) is 64.6 Å². The summed E-state index contributed by atoms with van der Waals surface area (Å²) < 4.78 is 13.9. The molecule has 1 aromatic rings. The van der Waals surface area contributed by atoms with Crippen LogP contribution in [-0.4, -0.2) is 41.1 Å². The Labute approximate surface area is 92.0 Å². The molecule has 0 spiro atoms. The van der Waals surface area contributed by atoms with Gasteiger partial charge < -0.3 is 14.4 Å². The normalized spacial score (nSPS) is 9.80. The first-order chi connectivity index (χ1) is 7.13. The van der Waals surface area contributed by atoms with Gasteiger partial charge >= 0.3 is 12.1 Å². The van der Waals surface area contributed by atoms with Crippen LogP contribution in [-0.2, 0) is 0 Å². The first-order valence-corrected chi connectivity index (χ1v) is 5.26. The van der Waals surface area contributed by atoms with Gasteiger partial charge in [0.05, 0.1) is 6.61 Å². The van der Waals surface area contributed by atoms with Crippen molar-refractivity contribution in [3.63, 3.8) is 0 Å². The van der Waals surface area contributed by atoms with Crippen LogP contribution in [0.25, 0.3) is 0 Å². The highest BCUT2D eigenvalue weighted by atomic mass is 32.1. The molecule has 0 fully saturated rings. The van der Waals surface area contributed by atoms with Gasteiger partial charge in [-0.15, -0.1) is 9.36 Å². The summed E-state index contributed by atoms with van der Waals surface area (Å²) in [6.45, 7) is 2.57. The quantitative estimate of drug-likeness (QED) is 0.783. The Bertz CT molecular complexity index is 327. The molecule has 0 saturated heterocycles. The molecule has 1 heterocycles. The van der Waals surface area contributed by atoms with Gasteiger partial charge in [0.15, 0.2) is 0 Å². The van der Waals surface area contributed by atoms with Gasteiger partial charge in [-0.3, -0.25) is 0 Å². The Morgan fingerprint density at radius 2 is 2.27 bits per heavy atom. The summed E-state index contributed by atoms with van der Waals surface area (Å²) in [4.78, 5) is 16.3. The van der Waals surface area contributed by atoms with Crippen LogP contribution < -0.4 is 9.47 Å². The first-order valence-electron chi connectivity index (χ1n) is 4.49. The summed E-state index contributed by atoms with van der Waals surface area (Å²) in [5, 5.41) is 0.415. The molecule has 6 nitrogen and oxygen atoms in total. The number of ether oxygens (including phenoxy) is 2. The van der Waals surface area contributed by atoms with E-state index in [2.05, 4.69) is 9.36 Å². The van der Waals surface area contributed by atoms with E-state index in [1.54, 1.807) is 14.1 Å². The molecular formula is C8H13N3O3S. The van der Waals surface area contributed by atoms with Crippen LogP contribution in [0, 0.1) is 0 Å². The van der Waals surface area contributed by atoms with Crippen molar-refractivity contribution in [2.24, 2.45) is 0 Å². The third-order valence-corrected chi connectivity index (χ3v) is 1.97. The van der Waals surface area contributed by atoms with Gasteiger partial charge in [-0.05, 0) is 6.42 Å². The molecule has 1 aromatic heterocycles. The molecule has 0 aromatic carbocycles. The lowest BCUT2D eigenvalue weighted by atomic mass is 10.5. The van der Waals surface area contributed by atoms with Gasteiger partial charge in [-0.1, -0.05) is 6.92 Å². The number of carbonyl (C=O) groups is 1. The van der Waals surface area contributed by atoms with Crippen molar-refractivity contribution < 1.29 is 14.3 Å². The molecule has 0 bridgehead atoms. The number of hydrogen-bond acceptors (Lipinski definition) is 6. The van der Waals surface area contributed by atoms with Crippen LogP contribution in [0.4, 0.5) is 4.79 Å². The largest absolute Gasteiger partial charge is 0.469 e. The number of aromatic nitrogens is 2. The second kappa shape index (κ2) is 5.50. The van der Waals surface area contributed by atoms with Crippen LogP contribution >= 0.6 is 11.5 Å². The molecular weight excluding hydrogens is 218 g/mol. The fraction of sp³-hybridized carbons (Fsp3) is 0.625. The molecule has 0 atom stereocenters. The summed E-state index contributed by atoms with van der Waals surface area (Å²) in [7, 11) is 3.17. The van der Waals surface area contributed by atoms with Gasteiger partial charge in [-0.25, -0.2) is 4.79 Å². The standard InChI is InChI=1S/C8H13N3O3S/c1-4-5-13-7-9-6(10-15-7)14-8(12)11(2)3/h4-5H2,1-3H3. The summed E-state index contributed by atoms with van der Waals surface area (Å²) in [5.74, 6) is 0. The van der Waals surface area contributed by atoms with E-state index >= 15 is 0 Å². The SMILES string of the molecule is CCCOc1nc(OC(=O)N(C)C)ns1. The Morgan fingerprint density at radius 1 is 1.53 bits per heavy atom. The lowest BCUT2D eigenvalue weighted by Crippen LogP contribution is -2.25. The van der Waals surface area contributed by atoms with Crippen LogP contribution in [0.15, 0.2) is 0 Å². The van der Waals surface area contributed by atoms with Crippen molar-refractivity contribution in [2.45, 2.75) is 13.3 Å². The zero-order valence-corrected chi connectivity index (χ0v) is 9.71. The van der Waals surface area contributed by atoms with Crippen molar-refractivity contribution in [3.05, 3.63) is 0 Å². The zero-order valence-electron chi connectivity index (χ0n) is 8.89. The van der Waals surface area contributed by atoms with Gasteiger partial charge in [0.25, 0.3) is 5.19 Å². The van der Waals surface area contributed by atoms with E-state index in [4.69, 9.17) is 9.47 Å². The van der Waals surface area contributed by atoms with E-state index in [0.29, 0.717) is 11.8 Å². The second-order valence-corrected chi connectivity index (χ2v) is 3.67. The van der Waals surface area contributed by atoms with E-state index in [1.807, 2.05) is 6.92 Å². The summed E-state index contributed by atoms with van der Waals surface area (Å²) in [6, 6.07) is 0.0322. The van der Waals surface area contributed by atoms with Crippen molar-refractivity contribution >= 4 is 17.6 Å². The van der Waals surface area contributed by atoms with Crippen molar-refractivity contribution in [1.82, 2.24) is 14.3 Å². The minimum absolute atomic E-state index is 0.0322. The lowest BCUT2D eigenvalue weighted by molar-refractivity contribution is 0.168. The summed E-state index contributed by atoms with van der Waals surface area (Å²) in [5.41, 5.74) is 0. The molecule has 7 heteroatoms.